The number of piperidine rings is 1. The molecule has 0 bridgehead atoms. The summed E-state index contributed by atoms with van der Waals surface area (Å²) in [6.07, 6.45) is 0.740. The molecule has 2 aromatic rings. The van der Waals surface area contributed by atoms with Gasteiger partial charge in [0.1, 0.15) is 11.9 Å². The van der Waals surface area contributed by atoms with Gasteiger partial charge in [-0.05, 0) is 59.6 Å². The number of amides is 2. The normalized spacial score (nSPS) is 18.6. The molecule has 2 N–H and O–H groups in total. The number of likely N-dealkylation sites (tertiary alicyclic amines) is 1. The van der Waals surface area contributed by atoms with Gasteiger partial charge in [-0.25, -0.2) is 9.18 Å². The Labute approximate surface area is 193 Å². The number of hydrogen-bond acceptors (Lipinski definition) is 3. The van der Waals surface area contributed by atoms with Gasteiger partial charge in [-0.1, -0.05) is 45.9 Å². The molecule has 0 aliphatic carbocycles. The van der Waals surface area contributed by atoms with E-state index in [9.17, 15) is 23.9 Å². The van der Waals surface area contributed by atoms with Crippen LogP contribution in [0.2, 0.25) is 0 Å². The van der Waals surface area contributed by atoms with Crippen molar-refractivity contribution in [1.82, 2.24) is 10.2 Å². The Morgan fingerprint density at radius 2 is 1.73 bits per heavy atom. The molecule has 1 aliphatic rings. The second-order valence-electron chi connectivity index (χ2n) is 9.72. The quantitative estimate of drug-likeness (QED) is 0.681. The number of hydrogen-bond donors (Lipinski definition) is 2. The van der Waals surface area contributed by atoms with Gasteiger partial charge < -0.3 is 15.3 Å². The van der Waals surface area contributed by atoms with E-state index in [1.54, 1.807) is 4.90 Å². The van der Waals surface area contributed by atoms with Gasteiger partial charge in [0.15, 0.2) is 0 Å². The summed E-state index contributed by atoms with van der Waals surface area (Å²) in [6.45, 7) is 8.99. The zero-order chi connectivity index (χ0) is 24.3. The third-order valence-corrected chi connectivity index (χ3v) is 6.40. The second-order valence-corrected chi connectivity index (χ2v) is 9.72. The zero-order valence-corrected chi connectivity index (χ0v) is 19.5. The van der Waals surface area contributed by atoms with Crippen LogP contribution in [0.4, 0.5) is 4.39 Å². The van der Waals surface area contributed by atoms with Crippen molar-refractivity contribution in [3.05, 3.63) is 71.0 Å². The van der Waals surface area contributed by atoms with E-state index in [4.69, 9.17) is 0 Å². The number of carbonyl (C=O) groups is 3. The van der Waals surface area contributed by atoms with Crippen molar-refractivity contribution >= 4 is 17.8 Å². The maximum Gasteiger partial charge on any atom is 0.335 e. The van der Waals surface area contributed by atoms with Crippen molar-refractivity contribution in [2.24, 2.45) is 11.3 Å². The van der Waals surface area contributed by atoms with E-state index in [0.29, 0.717) is 13.1 Å². The number of carboxylic acid groups (broad SMARTS) is 1. The molecule has 0 unspecified atom stereocenters. The second kappa shape index (κ2) is 9.73. The number of aromatic carboxylic acids is 1. The molecule has 2 aromatic carbocycles. The van der Waals surface area contributed by atoms with Gasteiger partial charge >= 0.3 is 5.97 Å². The monoisotopic (exact) mass is 454 g/mol. The van der Waals surface area contributed by atoms with Crippen LogP contribution < -0.4 is 5.32 Å². The summed E-state index contributed by atoms with van der Waals surface area (Å²) in [4.78, 5) is 39.2. The third-order valence-electron chi connectivity index (χ3n) is 6.40. The summed E-state index contributed by atoms with van der Waals surface area (Å²) in [6, 6.07) is 11.6. The van der Waals surface area contributed by atoms with Crippen LogP contribution in [-0.2, 0) is 4.79 Å². The molecule has 0 radical (unpaired) electrons. The van der Waals surface area contributed by atoms with Crippen molar-refractivity contribution in [2.75, 3.05) is 13.1 Å². The van der Waals surface area contributed by atoms with Crippen molar-refractivity contribution < 1.29 is 23.9 Å². The predicted molar refractivity (Wildman–Crippen MR) is 124 cm³/mol. The van der Waals surface area contributed by atoms with E-state index in [1.165, 1.54) is 36.4 Å². The van der Waals surface area contributed by atoms with Crippen LogP contribution >= 0.6 is 0 Å². The van der Waals surface area contributed by atoms with Gasteiger partial charge in [-0.2, -0.15) is 0 Å². The number of halogens is 1. The fourth-order valence-electron chi connectivity index (χ4n) is 4.59. The molecule has 1 heterocycles. The van der Waals surface area contributed by atoms with E-state index >= 15 is 0 Å². The molecule has 176 valence electrons. The van der Waals surface area contributed by atoms with Gasteiger partial charge in [0.25, 0.3) is 5.91 Å². The summed E-state index contributed by atoms with van der Waals surface area (Å²) in [5.74, 6) is -1.99. The van der Waals surface area contributed by atoms with Crippen LogP contribution in [0.5, 0.6) is 0 Å². The Balaban J connectivity index is 1.73. The summed E-state index contributed by atoms with van der Waals surface area (Å²) >= 11 is 0. The third kappa shape index (κ3) is 5.59. The van der Waals surface area contributed by atoms with Gasteiger partial charge in [-0.15, -0.1) is 0 Å². The molecule has 2 amide bonds. The molecular formula is C26H31FN2O4. The highest BCUT2D eigenvalue weighted by molar-refractivity contribution is 5.99. The minimum Gasteiger partial charge on any atom is -0.478 e. The van der Waals surface area contributed by atoms with E-state index < -0.39 is 17.9 Å². The van der Waals surface area contributed by atoms with Gasteiger partial charge in [0.05, 0.1) is 5.56 Å². The molecule has 0 spiro atoms. The first-order valence-electron chi connectivity index (χ1n) is 11.2. The molecule has 0 saturated carbocycles. The summed E-state index contributed by atoms with van der Waals surface area (Å²) in [5, 5.41) is 12.0. The fraction of sp³-hybridized carbons (Fsp3) is 0.423. The molecule has 6 nitrogen and oxygen atoms in total. The Morgan fingerprint density at radius 1 is 1.09 bits per heavy atom. The van der Waals surface area contributed by atoms with E-state index in [0.717, 1.165) is 12.0 Å². The molecule has 2 atom stereocenters. The van der Waals surface area contributed by atoms with Crippen LogP contribution in [0.15, 0.2) is 48.5 Å². The van der Waals surface area contributed by atoms with E-state index in [-0.39, 0.29) is 40.1 Å². The molecular weight excluding hydrogens is 423 g/mol. The lowest BCUT2D eigenvalue weighted by Crippen LogP contribution is -2.55. The lowest BCUT2D eigenvalue weighted by Gasteiger charge is -2.45. The smallest absolute Gasteiger partial charge is 0.335 e. The van der Waals surface area contributed by atoms with Crippen LogP contribution in [-0.4, -0.2) is 46.9 Å². The molecule has 1 saturated heterocycles. The number of benzene rings is 2. The molecule has 3 rings (SSSR count). The Morgan fingerprint density at radius 3 is 2.30 bits per heavy atom. The maximum absolute atomic E-state index is 13.4. The molecule has 33 heavy (non-hydrogen) atoms. The predicted octanol–water partition coefficient (Wildman–Crippen LogP) is 4.32. The minimum atomic E-state index is -1.12. The summed E-state index contributed by atoms with van der Waals surface area (Å²) < 4.78 is 13.4. The largest absolute Gasteiger partial charge is 0.478 e. The van der Waals surface area contributed by atoms with Gasteiger partial charge in [0, 0.05) is 18.7 Å². The number of carboxylic acids is 1. The zero-order valence-electron chi connectivity index (χ0n) is 19.5. The summed E-state index contributed by atoms with van der Waals surface area (Å²) in [7, 11) is 0. The highest BCUT2D eigenvalue weighted by Gasteiger charge is 2.40. The van der Waals surface area contributed by atoms with E-state index in [2.05, 4.69) is 19.2 Å². The van der Waals surface area contributed by atoms with Crippen molar-refractivity contribution in [3.8, 4) is 0 Å². The number of carbonyl (C=O) groups excluding carboxylic acids is 2. The van der Waals surface area contributed by atoms with Crippen molar-refractivity contribution in [2.45, 2.75) is 46.1 Å². The van der Waals surface area contributed by atoms with Gasteiger partial charge in [-0.3, -0.25) is 9.59 Å². The Kier molecular flexibility index (Phi) is 7.20. The number of nitrogens with one attached hydrogen (secondary N) is 1. The molecule has 1 aliphatic heterocycles. The van der Waals surface area contributed by atoms with Gasteiger partial charge in [0.2, 0.25) is 5.91 Å². The SMILES string of the molecule is CC(C)[C@@H](NC(=O)c1cccc(C(=O)O)c1)C(=O)N1CC[C@@H](c2ccc(F)cc2)C(C)(C)C1. The van der Waals surface area contributed by atoms with E-state index in [1.807, 2.05) is 26.0 Å². The average molecular weight is 455 g/mol. The van der Waals surface area contributed by atoms with Crippen molar-refractivity contribution in [1.29, 1.82) is 0 Å². The first kappa shape index (κ1) is 24.4. The average Bonchev–Trinajstić information content (AvgIpc) is 2.76. The van der Waals surface area contributed by atoms with Crippen LogP contribution in [0, 0.1) is 17.2 Å². The molecule has 7 heteroatoms. The maximum atomic E-state index is 13.4. The standard InChI is InChI=1S/C26H31FN2O4/c1-16(2)22(28-23(30)18-6-5-7-19(14-18)25(32)33)24(31)29-13-12-21(26(3,4)15-29)17-8-10-20(27)11-9-17/h5-11,14,16,21-22H,12-13,15H2,1-4H3,(H,28,30)(H,32,33)/t21-,22+/m0/s1. The highest BCUT2D eigenvalue weighted by atomic mass is 19.1. The molecule has 1 fully saturated rings. The van der Waals surface area contributed by atoms with Crippen molar-refractivity contribution in [3.63, 3.8) is 0 Å². The lowest BCUT2D eigenvalue weighted by molar-refractivity contribution is -0.137. The molecule has 0 aromatic heterocycles. The Hall–Kier alpha value is -3.22. The first-order valence-corrected chi connectivity index (χ1v) is 11.2. The highest BCUT2D eigenvalue weighted by Crippen LogP contribution is 2.42. The first-order chi connectivity index (χ1) is 15.5. The number of rotatable bonds is 6. The number of nitrogens with zero attached hydrogens (tertiary/aromatic N) is 1. The summed E-state index contributed by atoms with van der Waals surface area (Å²) in [5.41, 5.74) is 1.04. The lowest BCUT2D eigenvalue weighted by atomic mass is 9.70. The Bertz CT molecular complexity index is 1030. The van der Waals surface area contributed by atoms with Crippen LogP contribution in [0.25, 0.3) is 0 Å². The fourth-order valence-corrected chi connectivity index (χ4v) is 4.59. The topological polar surface area (TPSA) is 86.7 Å². The van der Waals surface area contributed by atoms with Crippen LogP contribution in [0.3, 0.4) is 0 Å². The minimum absolute atomic E-state index is 0.0136. The van der Waals surface area contributed by atoms with Crippen LogP contribution in [0.1, 0.15) is 66.3 Å².